The quantitative estimate of drug-likeness (QED) is 0.123. The highest BCUT2D eigenvalue weighted by atomic mass is 32.3. The second kappa shape index (κ2) is 12.9. The number of ether oxygens (including phenoxy) is 2. The topological polar surface area (TPSA) is 123 Å². The minimum atomic E-state index is -4.78. The van der Waals surface area contributed by atoms with E-state index in [1.165, 1.54) is 24.3 Å². The van der Waals surface area contributed by atoms with Crippen molar-refractivity contribution in [2.75, 3.05) is 13.2 Å². The lowest BCUT2D eigenvalue weighted by molar-refractivity contribution is 0.00377. The number of hydrogen-bond donors (Lipinski definition) is 0. The molecule has 0 spiro atoms. The molecule has 0 unspecified atom stereocenters. The molecular weight excluding hydrogens is 488 g/mol. The Hall–Kier alpha value is -2.68. The Morgan fingerprint density at radius 1 is 0.743 bits per heavy atom. The van der Waals surface area contributed by atoms with E-state index in [1.807, 2.05) is 13.8 Å². The second-order valence-electron chi connectivity index (χ2n) is 8.38. The summed E-state index contributed by atoms with van der Waals surface area (Å²) >= 11 is 0. The Morgan fingerprint density at radius 2 is 1.14 bits per heavy atom. The van der Waals surface area contributed by atoms with Crippen molar-refractivity contribution in [2.45, 2.75) is 76.0 Å². The van der Waals surface area contributed by atoms with Gasteiger partial charge >= 0.3 is 4.38 Å². The SMILES string of the molecule is CCCCCOc1ccc(C)cc1S(=O)(=O)C(=[N+]=[N-])S(=O)(=O)c1cc(C)ccc1OCCCCC. The molecule has 0 aliphatic carbocycles. The minimum absolute atomic E-state index is 0.00309. The lowest BCUT2D eigenvalue weighted by Crippen LogP contribution is -2.27. The summed E-state index contributed by atoms with van der Waals surface area (Å²) in [5.74, 6) is 0.00617. The molecule has 0 aromatic heterocycles. The van der Waals surface area contributed by atoms with Crippen molar-refractivity contribution < 1.29 is 31.1 Å². The third-order valence-electron chi connectivity index (χ3n) is 5.33. The van der Waals surface area contributed by atoms with Crippen molar-refractivity contribution in [2.24, 2.45) is 0 Å². The summed E-state index contributed by atoms with van der Waals surface area (Å²) in [6.07, 6.45) is 5.15. The maximum Gasteiger partial charge on any atom is 0.504 e. The molecule has 0 aliphatic heterocycles. The van der Waals surface area contributed by atoms with Crippen molar-refractivity contribution in [3.05, 3.63) is 53.1 Å². The number of rotatable bonds is 12. The zero-order valence-corrected chi connectivity index (χ0v) is 22.4. The van der Waals surface area contributed by atoms with Crippen LogP contribution in [0.5, 0.6) is 11.5 Å². The predicted molar refractivity (Wildman–Crippen MR) is 135 cm³/mol. The predicted octanol–water partition coefficient (Wildman–Crippen LogP) is 5.27. The van der Waals surface area contributed by atoms with Crippen LogP contribution in [-0.2, 0) is 19.7 Å². The first-order valence-electron chi connectivity index (χ1n) is 11.8. The van der Waals surface area contributed by atoms with Gasteiger partial charge in [0.25, 0.3) is 19.7 Å². The number of unbranched alkanes of at least 4 members (excludes halogenated alkanes) is 4. The molecule has 2 rings (SSSR count). The van der Waals surface area contributed by atoms with E-state index >= 15 is 0 Å². The molecule has 10 heteroatoms. The summed E-state index contributed by atoms with van der Waals surface area (Å²) in [5, 5.41) is 0. The maximum absolute atomic E-state index is 13.5. The summed E-state index contributed by atoms with van der Waals surface area (Å²) in [6.45, 7) is 7.95. The number of aryl methyl sites for hydroxylation is 2. The van der Waals surface area contributed by atoms with E-state index in [0.29, 0.717) is 24.0 Å². The van der Waals surface area contributed by atoms with Gasteiger partial charge in [-0.05, 0) is 62.1 Å². The van der Waals surface area contributed by atoms with E-state index in [4.69, 9.17) is 9.47 Å². The van der Waals surface area contributed by atoms with Crippen LogP contribution in [0.3, 0.4) is 0 Å². The minimum Gasteiger partial charge on any atom is -0.492 e. The highest BCUT2D eigenvalue weighted by molar-refractivity contribution is 8.31. The van der Waals surface area contributed by atoms with E-state index in [-0.39, 0.29) is 34.5 Å². The zero-order chi connectivity index (χ0) is 26.1. The summed E-state index contributed by atoms with van der Waals surface area (Å²) in [6, 6.07) is 8.91. The zero-order valence-electron chi connectivity index (χ0n) is 20.8. The van der Waals surface area contributed by atoms with Crippen molar-refractivity contribution >= 4 is 24.1 Å². The summed E-state index contributed by atoms with van der Waals surface area (Å²) in [7, 11) is -9.56. The highest BCUT2D eigenvalue weighted by Gasteiger charge is 2.46. The van der Waals surface area contributed by atoms with Crippen molar-refractivity contribution in [3.8, 4) is 11.5 Å². The van der Waals surface area contributed by atoms with Gasteiger partial charge in [-0.15, -0.1) is 4.79 Å². The highest BCUT2D eigenvalue weighted by Crippen LogP contribution is 2.32. The van der Waals surface area contributed by atoms with E-state index in [2.05, 4.69) is 4.79 Å². The third-order valence-corrected chi connectivity index (χ3v) is 9.53. The number of hydrogen-bond acceptors (Lipinski definition) is 6. The lowest BCUT2D eigenvalue weighted by atomic mass is 10.2. The largest absolute Gasteiger partial charge is 0.504 e. The van der Waals surface area contributed by atoms with Gasteiger partial charge in [0.1, 0.15) is 21.3 Å². The van der Waals surface area contributed by atoms with Gasteiger partial charge in [0.15, 0.2) is 0 Å². The molecule has 8 nitrogen and oxygen atoms in total. The number of benzene rings is 2. The Labute approximate surface area is 208 Å². The molecular formula is C25H34N2O6S2. The van der Waals surface area contributed by atoms with Gasteiger partial charge in [0.05, 0.1) is 13.2 Å². The fourth-order valence-corrected chi connectivity index (χ4v) is 7.15. The van der Waals surface area contributed by atoms with Crippen LogP contribution in [0.15, 0.2) is 46.2 Å². The van der Waals surface area contributed by atoms with Gasteiger partial charge in [-0.2, -0.15) is 0 Å². The van der Waals surface area contributed by atoms with E-state index < -0.39 is 24.1 Å². The van der Waals surface area contributed by atoms with Crippen LogP contribution in [0, 0.1) is 13.8 Å². The molecule has 0 saturated heterocycles. The lowest BCUT2D eigenvalue weighted by Gasteiger charge is -2.13. The molecule has 35 heavy (non-hydrogen) atoms. The molecule has 2 aromatic carbocycles. The van der Waals surface area contributed by atoms with Gasteiger partial charge < -0.3 is 15.0 Å². The average molecular weight is 523 g/mol. The van der Waals surface area contributed by atoms with E-state index in [9.17, 15) is 22.4 Å². The monoisotopic (exact) mass is 522 g/mol. The number of sulfone groups is 2. The third kappa shape index (κ3) is 7.16. The van der Waals surface area contributed by atoms with E-state index in [1.54, 1.807) is 26.0 Å². The van der Waals surface area contributed by atoms with Gasteiger partial charge in [0, 0.05) is 0 Å². The molecule has 0 amide bonds. The molecule has 0 bridgehead atoms. The van der Waals surface area contributed by atoms with Crippen LogP contribution in [0.2, 0.25) is 0 Å². The van der Waals surface area contributed by atoms with Crippen molar-refractivity contribution in [1.29, 1.82) is 0 Å². The molecule has 0 N–H and O–H groups in total. The van der Waals surface area contributed by atoms with Crippen LogP contribution in [0.1, 0.15) is 63.5 Å². The van der Waals surface area contributed by atoms with Crippen molar-refractivity contribution in [3.63, 3.8) is 0 Å². The van der Waals surface area contributed by atoms with Gasteiger partial charge in [-0.1, -0.05) is 51.7 Å². The Bertz CT molecular complexity index is 1190. The summed E-state index contributed by atoms with van der Waals surface area (Å²) in [5.41, 5.74) is 10.8. The number of nitrogens with zero attached hydrogens (tertiary/aromatic N) is 2. The van der Waals surface area contributed by atoms with Gasteiger partial charge in [-0.25, -0.2) is 16.8 Å². The summed E-state index contributed by atoms with van der Waals surface area (Å²) in [4.78, 5) is 2.03. The second-order valence-corrected chi connectivity index (χ2v) is 12.3. The molecule has 192 valence electrons. The van der Waals surface area contributed by atoms with Crippen LogP contribution in [0.25, 0.3) is 5.53 Å². The first kappa shape index (κ1) is 28.6. The molecule has 0 saturated carbocycles. The molecule has 0 fully saturated rings. The molecule has 0 atom stereocenters. The molecule has 0 aliphatic rings. The fourth-order valence-electron chi connectivity index (χ4n) is 3.40. The smallest absolute Gasteiger partial charge is 0.492 e. The standard InChI is InChI=1S/C25H34N2O6S2/c1-5-7-9-15-32-21-13-11-19(3)17-23(21)34(28,29)25(27-26)35(30,31)24-18-20(4)12-14-22(24)33-16-10-8-6-2/h11-14,17-18H,5-10,15-16H2,1-4H3. The van der Waals surface area contributed by atoms with Gasteiger partial charge in [-0.3, -0.25) is 0 Å². The van der Waals surface area contributed by atoms with Crippen LogP contribution in [0.4, 0.5) is 0 Å². The van der Waals surface area contributed by atoms with Crippen LogP contribution >= 0.6 is 0 Å². The van der Waals surface area contributed by atoms with Crippen LogP contribution < -0.4 is 9.47 Å². The first-order chi connectivity index (χ1) is 16.6. The van der Waals surface area contributed by atoms with E-state index in [0.717, 1.165) is 25.7 Å². The Morgan fingerprint density at radius 3 is 1.49 bits per heavy atom. The van der Waals surface area contributed by atoms with Gasteiger partial charge in [0.2, 0.25) is 0 Å². The van der Waals surface area contributed by atoms with Crippen molar-refractivity contribution in [1.82, 2.24) is 0 Å². The fraction of sp³-hybridized carbons (Fsp3) is 0.480. The molecule has 0 radical (unpaired) electrons. The average Bonchev–Trinajstić information content (AvgIpc) is 2.81. The Balaban J connectivity index is 2.54. The summed E-state index contributed by atoms with van der Waals surface area (Å²) < 4.78 is 64.2. The van der Waals surface area contributed by atoms with Crippen LogP contribution in [-0.4, -0.2) is 39.2 Å². The maximum atomic E-state index is 13.5. The molecule has 2 aromatic rings. The normalized spacial score (nSPS) is 11.7. The Kier molecular flexibility index (Phi) is 10.5. The molecule has 0 heterocycles. The first-order valence-corrected chi connectivity index (χ1v) is 14.7.